The van der Waals surface area contributed by atoms with E-state index in [9.17, 15) is 5.11 Å². The summed E-state index contributed by atoms with van der Waals surface area (Å²) in [6.07, 6.45) is -0.610. The lowest BCUT2D eigenvalue weighted by atomic mass is 10.2. The number of aliphatic hydroxyl groups is 1. The Hall–Kier alpha value is -2.52. The maximum Gasteiger partial charge on any atom is 0.161 e. The van der Waals surface area contributed by atoms with Crippen molar-refractivity contribution in [3.8, 4) is 23.0 Å². The van der Waals surface area contributed by atoms with Crippen LogP contribution in [0.4, 0.5) is 0 Å². The first-order chi connectivity index (χ1) is 16.6. The minimum Gasteiger partial charge on any atom is -0.497 e. The molecule has 2 aromatic carbocycles. The molecule has 0 amide bonds. The van der Waals surface area contributed by atoms with Crippen molar-refractivity contribution in [2.75, 3.05) is 73.4 Å². The van der Waals surface area contributed by atoms with Crippen LogP contribution in [0.15, 0.2) is 42.5 Å². The van der Waals surface area contributed by atoms with Crippen LogP contribution in [0, 0.1) is 0 Å². The molecule has 1 fully saturated rings. The fourth-order valence-electron chi connectivity index (χ4n) is 3.80. The average Bonchev–Trinajstić information content (AvgIpc) is 2.85. The van der Waals surface area contributed by atoms with Gasteiger partial charge in [-0.25, -0.2) is 0 Å². The van der Waals surface area contributed by atoms with Gasteiger partial charge in [0.15, 0.2) is 11.5 Å². The van der Waals surface area contributed by atoms with Crippen molar-refractivity contribution >= 4 is 0 Å². The summed E-state index contributed by atoms with van der Waals surface area (Å²) in [5.41, 5.74) is 1.09. The van der Waals surface area contributed by atoms with E-state index < -0.39 is 6.10 Å². The maximum absolute atomic E-state index is 10.4. The van der Waals surface area contributed by atoms with Gasteiger partial charge in [0.2, 0.25) is 0 Å². The summed E-state index contributed by atoms with van der Waals surface area (Å²) in [4.78, 5) is 4.41. The highest BCUT2D eigenvalue weighted by atomic mass is 16.5. The van der Waals surface area contributed by atoms with Crippen LogP contribution in [0.2, 0.25) is 0 Å². The number of likely N-dealkylation sites (N-methyl/N-ethyl adjacent to an activating group) is 1. The highest BCUT2D eigenvalue weighted by molar-refractivity contribution is 5.43. The highest BCUT2D eigenvalue weighted by Gasteiger charge is 2.14. The van der Waals surface area contributed by atoms with E-state index in [1.807, 2.05) is 56.4 Å². The van der Waals surface area contributed by atoms with Gasteiger partial charge in [0, 0.05) is 32.7 Å². The average molecular weight is 475 g/mol. The normalized spacial score (nSPS) is 15.2. The first kappa shape index (κ1) is 26.1. The molecule has 8 heteroatoms. The molecule has 1 atom stereocenters. The van der Waals surface area contributed by atoms with E-state index in [1.165, 1.54) is 0 Å². The van der Waals surface area contributed by atoms with Crippen molar-refractivity contribution in [2.24, 2.45) is 0 Å². The van der Waals surface area contributed by atoms with E-state index in [1.54, 1.807) is 7.11 Å². The Kier molecular flexibility index (Phi) is 10.8. The van der Waals surface area contributed by atoms with Gasteiger partial charge >= 0.3 is 0 Å². The Morgan fingerprint density at radius 1 is 1.00 bits per heavy atom. The lowest BCUT2D eigenvalue weighted by molar-refractivity contribution is 0.0320. The van der Waals surface area contributed by atoms with Gasteiger partial charge in [-0.1, -0.05) is 6.07 Å². The van der Waals surface area contributed by atoms with Gasteiger partial charge in [-0.05, 0) is 55.9 Å². The Morgan fingerprint density at radius 2 is 1.74 bits per heavy atom. The summed E-state index contributed by atoms with van der Waals surface area (Å²) >= 11 is 0. The van der Waals surface area contributed by atoms with Gasteiger partial charge in [0.25, 0.3) is 0 Å². The second-order valence-corrected chi connectivity index (χ2v) is 8.35. The van der Waals surface area contributed by atoms with E-state index >= 15 is 0 Å². The van der Waals surface area contributed by atoms with Crippen LogP contribution >= 0.6 is 0 Å². The van der Waals surface area contributed by atoms with E-state index in [0.717, 1.165) is 55.7 Å². The predicted octanol–water partition coefficient (Wildman–Crippen LogP) is 2.68. The van der Waals surface area contributed by atoms with Crippen LogP contribution < -0.4 is 18.9 Å². The Labute approximate surface area is 202 Å². The zero-order valence-corrected chi connectivity index (χ0v) is 20.6. The van der Waals surface area contributed by atoms with Gasteiger partial charge in [0.1, 0.15) is 30.8 Å². The topological polar surface area (TPSA) is 72.9 Å². The molecule has 1 heterocycles. The number of hydrogen-bond donors (Lipinski definition) is 1. The fraction of sp³-hybridized carbons (Fsp3) is 0.538. The minimum atomic E-state index is -0.610. The van der Waals surface area contributed by atoms with Gasteiger partial charge < -0.3 is 28.8 Å². The van der Waals surface area contributed by atoms with Crippen LogP contribution in [-0.4, -0.2) is 94.4 Å². The maximum atomic E-state index is 10.4. The smallest absolute Gasteiger partial charge is 0.161 e. The summed E-state index contributed by atoms with van der Waals surface area (Å²) in [6, 6.07) is 13.4. The molecule has 0 aromatic heterocycles. The molecule has 0 spiro atoms. The third kappa shape index (κ3) is 8.68. The Bertz CT molecular complexity index is 842. The summed E-state index contributed by atoms with van der Waals surface area (Å²) in [5, 5.41) is 10.4. The second kappa shape index (κ2) is 14.0. The van der Waals surface area contributed by atoms with Crippen molar-refractivity contribution in [1.82, 2.24) is 9.80 Å². The standard InChI is InChI=1S/C26H38N2O6/c1-4-32-26-17-21(5-10-25(26)33-16-13-28-11-14-31-15-12-28)18-27(2)19-22(29)20-34-24-8-6-23(30-3)7-9-24/h5-10,17,22,29H,4,11-16,18-20H2,1-3H3/t22-/m0/s1. The van der Waals surface area contributed by atoms with Gasteiger partial charge in [0.05, 0.1) is 26.9 Å². The minimum absolute atomic E-state index is 0.219. The molecule has 3 rings (SSSR count). The number of morpholine rings is 1. The number of rotatable bonds is 14. The number of ether oxygens (including phenoxy) is 5. The van der Waals surface area contributed by atoms with Crippen molar-refractivity contribution in [3.05, 3.63) is 48.0 Å². The van der Waals surface area contributed by atoms with Crippen molar-refractivity contribution in [1.29, 1.82) is 0 Å². The number of nitrogens with zero attached hydrogens (tertiary/aromatic N) is 2. The molecule has 0 unspecified atom stereocenters. The monoisotopic (exact) mass is 474 g/mol. The first-order valence-electron chi connectivity index (χ1n) is 11.9. The Balaban J connectivity index is 1.45. The molecule has 188 valence electrons. The SMILES string of the molecule is CCOc1cc(CN(C)C[C@H](O)COc2ccc(OC)cc2)ccc1OCCN1CCOCC1. The molecule has 0 radical (unpaired) electrons. The Morgan fingerprint density at radius 3 is 2.44 bits per heavy atom. The van der Waals surface area contributed by atoms with Crippen molar-refractivity contribution in [2.45, 2.75) is 19.6 Å². The third-order valence-corrected chi connectivity index (χ3v) is 5.55. The van der Waals surface area contributed by atoms with Gasteiger partial charge in [-0.2, -0.15) is 0 Å². The van der Waals surface area contributed by atoms with Gasteiger partial charge in [-0.3, -0.25) is 9.80 Å². The molecule has 8 nitrogen and oxygen atoms in total. The number of benzene rings is 2. The molecular formula is C26H38N2O6. The van der Waals surface area contributed by atoms with Crippen LogP contribution in [0.5, 0.6) is 23.0 Å². The third-order valence-electron chi connectivity index (χ3n) is 5.55. The summed E-state index contributed by atoms with van der Waals surface area (Å²) in [7, 11) is 3.60. The van der Waals surface area contributed by atoms with Crippen molar-refractivity contribution < 1.29 is 28.8 Å². The van der Waals surface area contributed by atoms with Crippen LogP contribution in [0.3, 0.4) is 0 Å². The zero-order valence-electron chi connectivity index (χ0n) is 20.6. The first-order valence-corrected chi connectivity index (χ1v) is 11.9. The molecule has 0 bridgehead atoms. The fourth-order valence-corrected chi connectivity index (χ4v) is 3.80. The van der Waals surface area contributed by atoms with E-state index in [2.05, 4.69) is 9.80 Å². The lowest BCUT2D eigenvalue weighted by Gasteiger charge is -2.26. The summed E-state index contributed by atoms with van der Waals surface area (Å²) in [6.45, 7) is 8.87. The number of hydrogen-bond acceptors (Lipinski definition) is 8. The number of methoxy groups -OCH3 is 1. The molecule has 0 aliphatic carbocycles. The summed E-state index contributed by atoms with van der Waals surface area (Å²) < 4.78 is 28.1. The molecule has 2 aromatic rings. The van der Waals surface area contributed by atoms with E-state index in [0.29, 0.717) is 32.1 Å². The molecule has 0 saturated carbocycles. The molecule has 1 aliphatic rings. The quantitative estimate of drug-likeness (QED) is 0.448. The largest absolute Gasteiger partial charge is 0.497 e. The summed E-state index contributed by atoms with van der Waals surface area (Å²) in [5.74, 6) is 2.98. The molecule has 1 N–H and O–H groups in total. The molecule has 1 aliphatic heterocycles. The molecule has 1 saturated heterocycles. The predicted molar refractivity (Wildman–Crippen MR) is 131 cm³/mol. The van der Waals surface area contributed by atoms with Crippen LogP contribution in [0.1, 0.15) is 12.5 Å². The van der Waals surface area contributed by atoms with Gasteiger partial charge in [-0.15, -0.1) is 0 Å². The molecule has 34 heavy (non-hydrogen) atoms. The molecular weight excluding hydrogens is 436 g/mol. The number of aliphatic hydroxyl groups excluding tert-OH is 1. The highest BCUT2D eigenvalue weighted by Crippen LogP contribution is 2.29. The van der Waals surface area contributed by atoms with E-state index in [-0.39, 0.29) is 6.61 Å². The van der Waals surface area contributed by atoms with Crippen molar-refractivity contribution in [3.63, 3.8) is 0 Å². The lowest BCUT2D eigenvalue weighted by Crippen LogP contribution is -2.38. The zero-order chi connectivity index (χ0) is 24.2. The van der Waals surface area contributed by atoms with E-state index in [4.69, 9.17) is 23.7 Å². The second-order valence-electron chi connectivity index (χ2n) is 8.35. The van der Waals surface area contributed by atoms with Crippen LogP contribution in [0.25, 0.3) is 0 Å². The van der Waals surface area contributed by atoms with Crippen LogP contribution in [-0.2, 0) is 11.3 Å².